The van der Waals surface area contributed by atoms with E-state index in [-0.39, 0.29) is 6.61 Å². The molecule has 0 heterocycles. The first-order valence-electron chi connectivity index (χ1n) is 5.32. The number of carbonyl (C=O) groups excluding carboxylic acids is 2. The van der Waals surface area contributed by atoms with Crippen LogP contribution in [0.15, 0.2) is 24.3 Å². The molecule has 94 valence electrons. The van der Waals surface area contributed by atoms with E-state index in [1.54, 1.807) is 6.92 Å². The topological polar surface area (TPSA) is 96.4 Å². The van der Waals surface area contributed by atoms with E-state index in [4.69, 9.17) is 11.1 Å². The summed E-state index contributed by atoms with van der Waals surface area (Å²) in [5, 5.41) is 9.49. The van der Waals surface area contributed by atoms with Gasteiger partial charge in [-0.1, -0.05) is 0 Å². The molecule has 1 aromatic rings. The average Bonchev–Trinajstić information content (AvgIpc) is 2.38. The first kappa shape index (κ1) is 13.7. The fourth-order valence-electron chi connectivity index (χ4n) is 1.26. The van der Waals surface area contributed by atoms with Crippen LogP contribution in [0.1, 0.15) is 18.9 Å². The van der Waals surface area contributed by atoms with Crippen molar-refractivity contribution in [2.45, 2.75) is 13.3 Å². The summed E-state index contributed by atoms with van der Waals surface area (Å²) in [7, 11) is 0. The molecule has 0 radical (unpaired) electrons. The van der Waals surface area contributed by atoms with Gasteiger partial charge in [0.15, 0.2) is 0 Å². The molecule has 6 heteroatoms. The van der Waals surface area contributed by atoms with Crippen molar-refractivity contribution in [2.24, 2.45) is 5.84 Å². The van der Waals surface area contributed by atoms with Gasteiger partial charge in [-0.2, -0.15) is 5.26 Å². The van der Waals surface area contributed by atoms with Gasteiger partial charge in [0.2, 0.25) is 0 Å². The summed E-state index contributed by atoms with van der Waals surface area (Å²) in [6, 6.07) is 8.08. The number of rotatable bonds is 4. The minimum absolute atomic E-state index is 0.216. The molecule has 0 fully saturated rings. The molecule has 0 saturated heterocycles. The van der Waals surface area contributed by atoms with Gasteiger partial charge in [-0.05, 0) is 31.2 Å². The summed E-state index contributed by atoms with van der Waals surface area (Å²) in [6.45, 7) is 1.87. The zero-order valence-electron chi connectivity index (χ0n) is 9.92. The van der Waals surface area contributed by atoms with Gasteiger partial charge in [0.1, 0.15) is 6.42 Å². The number of esters is 1. The van der Waals surface area contributed by atoms with Crippen molar-refractivity contribution < 1.29 is 14.3 Å². The Balaban J connectivity index is 2.68. The van der Waals surface area contributed by atoms with Crippen LogP contribution < -0.4 is 10.9 Å². The van der Waals surface area contributed by atoms with Gasteiger partial charge in [-0.25, -0.2) is 10.9 Å². The molecular formula is C12H13N3O3. The molecule has 1 aromatic carbocycles. The van der Waals surface area contributed by atoms with Crippen LogP contribution in [0.3, 0.4) is 0 Å². The van der Waals surface area contributed by atoms with Crippen molar-refractivity contribution >= 4 is 17.6 Å². The number of anilines is 1. The van der Waals surface area contributed by atoms with E-state index in [1.165, 1.54) is 24.3 Å². The predicted octanol–water partition coefficient (Wildman–Crippen LogP) is 0.718. The van der Waals surface area contributed by atoms with E-state index >= 15 is 0 Å². The maximum Gasteiger partial charge on any atom is 0.315 e. The first-order valence-corrected chi connectivity index (χ1v) is 5.32. The van der Waals surface area contributed by atoms with Gasteiger partial charge < -0.3 is 4.74 Å². The average molecular weight is 247 g/mol. The molecule has 0 atom stereocenters. The van der Waals surface area contributed by atoms with Crippen molar-refractivity contribution in [2.75, 3.05) is 11.6 Å². The highest BCUT2D eigenvalue weighted by molar-refractivity contribution is 6.02. The van der Waals surface area contributed by atoms with Crippen molar-refractivity contribution in [3.05, 3.63) is 29.8 Å². The van der Waals surface area contributed by atoms with E-state index in [9.17, 15) is 9.59 Å². The standard InChI is InChI=1S/C12H13N3O3/c1-2-18-12(17)7-11(16)15(14)10-5-3-9(8-13)4-6-10/h3-6H,2,7,14H2,1H3. The van der Waals surface area contributed by atoms with Crippen LogP contribution in [0.25, 0.3) is 0 Å². The van der Waals surface area contributed by atoms with E-state index in [2.05, 4.69) is 4.74 Å². The van der Waals surface area contributed by atoms with E-state index < -0.39 is 18.3 Å². The number of nitrogens with two attached hydrogens (primary N) is 1. The third-order valence-electron chi connectivity index (χ3n) is 2.14. The Labute approximate surface area is 105 Å². The van der Waals surface area contributed by atoms with Crippen LogP contribution in [0, 0.1) is 11.3 Å². The van der Waals surface area contributed by atoms with Gasteiger partial charge in [0.25, 0.3) is 5.91 Å². The Bertz CT molecular complexity index is 476. The van der Waals surface area contributed by atoms with Gasteiger partial charge in [-0.3, -0.25) is 9.59 Å². The number of amides is 1. The number of hydrogen-bond acceptors (Lipinski definition) is 5. The molecule has 0 unspecified atom stereocenters. The number of nitriles is 1. The van der Waals surface area contributed by atoms with Gasteiger partial charge in [-0.15, -0.1) is 0 Å². The Kier molecular flexibility index (Phi) is 4.84. The third-order valence-corrected chi connectivity index (χ3v) is 2.14. The highest BCUT2D eigenvalue weighted by atomic mass is 16.5. The summed E-state index contributed by atoms with van der Waals surface area (Å²) in [4.78, 5) is 22.7. The second-order valence-corrected chi connectivity index (χ2v) is 3.40. The number of hydrogen-bond donors (Lipinski definition) is 1. The Hall–Kier alpha value is -2.39. The quantitative estimate of drug-likeness (QED) is 0.278. The molecule has 0 aromatic heterocycles. The zero-order chi connectivity index (χ0) is 13.5. The zero-order valence-corrected chi connectivity index (χ0v) is 9.92. The first-order chi connectivity index (χ1) is 8.58. The summed E-state index contributed by atoms with van der Waals surface area (Å²) in [5.74, 6) is 4.38. The lowest BCUT2D eigenvalue weighted by Crippen LogP contribution is -2.38. The van der Waals surface area contributed by atoms with Crippen LogP contribution >= 0.6 is 0 Å². The molecule has 18 heavy (non-hydrogen) atoms. The Morgan fingerprint density at radius 1 is 1.39 bits per heavy atom. The minimum Gasteiger partial charge on any atom is -0.466 e. The molecule has 0 aliphatic rings. The van der Waals surface area contributed by atoms with Gasteiger partial charge >= 0.3 is 5.97 Å². The summed E-state index contributed by atoms with van der Waals surface area (Å²) < 4.78 is 4.65. The normalized spacial score (nSPS) is 9.39. The van der Waals surface area contributed by atoms with Crippen LogP contribution in [0.2, 0.25) is 0 Å². The molecule has 6 nitrogen and oxygen atoms in total. The van der Waals surface area contributed by atoms with E-state index in [1.807, 2.05) is 6.07 Å². The molecule has 0 saturated carbocycles. The summed E-state index contributed by atoms with van der Waals surface area (Å²) >= 11 is 0. The fourth-order valence-corrected chi connectivity index (χ4v) is 1.26. The summed E-state index contributed by atoms with van der Waals surface area (Å²) in [6.07, 6.45) is -0.412. The van der Waals surface area contributed by atoms with Crippen molar-refractivity contribution in [3.63, 3.8) is 0 Å². The molecule has 0 bridgehead atoms. The smallest absolute Gasteiger partial charge is 0.315 e. The van der Waals surface area contributed by atoms with Crippen LogP contribution in [0.5, 0.6) is 0 Å². The van der Waals surface area contributed by atoms with Crippen molar-refractivity contribution in [1.29, 1.82) is 5.26 Å². The maximum absolute atomic E-state index is 11.6. The number of hydrazine groups is 1. The highest BCUT2D eigenvalue weighted by Crippen LogP contribution is 2.13. The molecule has 1 amide bonds. The Morgan fingerprint density at radius 2 is 2.00 bits per heavy atom. The highest BCUT2D eigenvalue weighted by Gasteiger charge is 2.16. The predicted molar refractivity (Wildman–Crippen MR) is 64.1 cm³/mol. The molecule has 0 spiro atoms. The van der Waals surface area contributed by atoms with E-state index in [0.29, 0.717) is 11.3 Å². The van der Waals surface area contributed by atoms with Crippen molar-refractivity contribution in [1.82, 2.24) is 0 Å². The lowest BCUT2D eigenvalue weighted by Gasteiger charge is -2.16. The number of benzene rings is 1. The molecule has 1 rings (SSSR count). The molecule has 2 N–H and O–H groups in total. The van der Waals surface area contributed by atoms with Crippen LogP contribution in [-0.4, -0.2) is 18.5 Å². The molecule has 0 aliphatic heterocycles. The monoisotopic (exact) mass is 247 g/mol. The van der Waals surface area contributed by atoms with E-state index in [0.717, 1.165) is 5.01 Å². The van der Waals surface area contributed by atoms with Gasteiger partial charge in [0.05, 0.1) is 23.9 Å². The number of nitrogens with zero attached hydrogens (tertiary/aromatic N) is 2. The summed E-state index contributed by atoms with van der Waals surface area (Å²) in [5.41, 5.74) is 0.869. The van der Waals surface area contributed by atoms with Crippen LogP contribution in [-0.2, 0) is 14.3 Å². The SMILES string of the molecule is CCOC(=O)CC(=O)N(N)c1ccc(C#N)cc1. The number of carbonyl (C=O) groups is 2. The molecule has 0 aliphatic carbocycles. The molecular weight excluding hydrogens is 234 g/mol. The largest absolute Gasteiger partial charge is 0.466 e. The third kappa shape index (κ3) is 3.57. The second kappa shape index (κ2) is 6.37. The minimum atomic E-state index is -0.619. The fraction of sp³-hybridized carbons (Fsp3) is 0.250. The maximum atomic E-state index is 11.6. The lowest BCUT2D eigenvalue weighted by atomic mass is 10.2. The Morgan fingerprint density at radius 3 is 2.50 bits per heavy atom. The van der Waals surface area contributed by atoms with Crippen molar-refractivity contribution in [3.8, 4) is 6.07 Å². The number of ether oxygens (including phenoxy) is 1. The van der Waals surface area contributed by atoms with Gasteiger partial charge in [0, 0.05) is 0 Å². The lowest BCUT2D eigenvalue weighted by molar-refractivity contribution is -0.145. The second-order valence-electron chi connectivity index (χ2n) is 3.40. The van der Waals surface area contributed by atoms with Crippen LogP contribution in [0.4, 0.5) is 5.69 Å².